The van der Waals surface area contributed by atoms with Gasteiger partial charge in [-0.25, -0.2) is 0 Å². The van der Waals surface area contributed by atoms with Crippen LogP contribution < -0.4 is 5.32 Å². The number of allylic oxidation sites excluding steroid dienone is 1. The van der Waals surface area contributed by atoms with E-state index in [-0.39, 0.29) is 6.04 Å². The van der Waals surface area contributed by atoms with Gasteiger partial charge in [0.05, 0.1) is 0 Å². The number of rotatable bonds is 3. The fourth-order valence-electron chi connectivity index (χ4n) is 3.00. The zero-order chi connectivity index (χ0) is 17.4. The molecule has 126 valence electrons. The Hall–Kier alpha value is -2.66. The number of anilines is 1. The average Bonchev–Trinajstić information content (AvgIpc) is 3.09. The van der Waals surface area contributed by atoms with Crippen molar-refractivity contribution in [3.8, 4) is 0 Å². The summed E-state index contributed by atoms with van der Waals surface area (Å²) >= 11 is 6.17. The number of halogens is 1. The van der Waals surface area contributed by atoms with E-state index in [2.05, 4.69) is 65.0 Å². The Balaban J connectivity index is 1.76. The van der Waals surface area contributed by atoms with Crippen LogP contribution in [0.2, 0.25) is 5.02 Å². The molecule has 2 heterocycles. The lowest BCUT2D eigenvalue weighted by atomic mass is 9.98. The van der Waals surface area contributed by atoms with Gasteiger partial charge in [-0.05, 0) is 51.2 Å². The molecule has 1 unspecified atom stereocenters. The normalized spacial score (nSPS) is 16.3. The van der Waals surface area contributed by atoms with Gasteiger partial charge in [0, 0.05) is 10.7 Å². The molecule has 0 fully saturated rings. The highest BCUT2D eigenvalue weighted by Crippen LogP contribution is 2.32. The fraction of sp³-hybridized carbons (Fsp3) is 0.211. The quantitative estimate of drug-likeness (QED) is 0.754. The van der Waals surface area contributed by atoms with Crippen molar-refractivity contribution in [2.24, 2.45) is 0 Å². The summed E-state index contributed by atoms with van der Waals surface area (Å²) in [6.07, 6.45) is 2.12. The number of benzene rings is 2. The molecule has 0 bridgehead atoms. The highest BCUT2D eigenvalue weighted by atomic mass is 35.5. The third-order valence-electron chi connectivity index (χ3n) is 4.41. The van der Waals surface area contributed by atoms with Crippen LogP contribution in [-0.2, 0) is 0 Å². The van der Waals surface area contributed by atoms with Gasteiger partial charge in [0.1, 0.15) is 6.04 Å². The molecule has 0 amide bonds. The lowest BCUT2D eigenvalue weighted by Crippen LogP contribution is -2.20. The van der Waals surface area contributed by atoms with Gasteiger partial charge in [0.15, 0.2) is 0 Å². The molecule has 5 nitrogen and oxygen atoms in total. The van der Waals surface area contributed by atoms with Crippen LogP contribution in [0.25, 0.3) is 5.70 Å². The van der Waals surface area contributed by atoms with Gasteiger partial charge in [-0.15, -0.1) is 0 Å². The highest BCUT2D eigenvalue weighted by Gasteiger charge is 2.24. The zero-order valence-electron chi connectivity index (χ0n) is 14.0. The summed E-state index contributed by atoms with van der Waals surface area (Å²) in [6, 6.07) is 16.2. The predicted octanol–water partition coefficient (Wildman–Crippen LogP) is 4.51. The number of hydrogen-bond donors (Lipinski definition) is 1. The molecule has 1 N–H and O–H groups in total. The van der Waals surface area contributed by atoms with Crippen LogP contribution in [0.1, 0.15) is 42.5 Å². The smallest absolute Gasteiger partial charge is 0.248 e. The maximum absolute atomic E-state index is 6.17. The highest BCUT2D eigenvalue weighted by molar-refractivity contribution is 6.30. The van der Waals surface area contributed by atoms with E-state index >= 15 is 0 Å². The van der Waals surface area contributed by atoms with Crippen molar-refractivity contribution in [3.05, 3.63) is 76.3 Å². The summed E-state index contributed by atoms with van der Waals surface area (Å²) in [4.78, 5) is 0. The SMILES string of the molecule is CC(C)c1ccc(C2=CC(c3cccc(Cl)c3)n3nnnc3N2)cc1. The molecule has 0 saturated heterocycles. The molecule has 1 atom stereocenters. The van der Waals surface area contributed by atoms with Crippen LogP contribution in [0.5, 0.6) is 0 Å². The molecule has 1 aliphatic heterocycles. The van der Waals surface area contributed by atoms with Gasteiger partial charge in [-0.3, -0.25) is 0 Å². The lowest BCUT2D eigenvalue weighted by molar-refractivity contribution is 0.586. The second-order valence-corrected chi connectivity index (χ2v) is 6.87. The Morgan fingerprint density at radius 2 is 1.92 bits per heavy atom. The molecule has 0 saturated carbocycles. The molecular weight excluding hydrogens is 334 g/mol. The van der Waals surface area contributed by atoms with E-state index in [1.807, 2.05) is 24.3 Å². The van der Waals surface area contributed by atoms with E-state index in [1.165, 1.54) is 5.56 Å². The second-order valence-electron chi connectivity index (χ2n) is 6.43. The number of fused-ring (bicyclic) bond motifs is 1. The topological polar surface area (TPSA) is 55.6 Å². The molecule has 25 heavy (non-hydrogen) atoms. The molecule has 1 aromatic heterocycles. The first kappa shape index (κ1) is 15.8. The first-order valence-electron chi connectivity index (χ1n) is 8.24. The van der Waals surface area contributed by atoms with Crippen LogP contribution in [0.3, 0.4) is 0 Å². The van der Waals surface area contributed by atoms with Crippen molar-refractivity contribution in [2.75, 3.05) is 5.32 Å². The van der Waals surface area contributed by atoms with Gasteiger partial charge in [-0.1, -0.05) is 66.9 Å². The molecule has 0 spiro atoms. The van der Waals surface area contributed by atoms with E-state index in [4.69, 9.17) is 11.6 Å². The minimum atomic E-state index is -0.107. The molecule has 3 aromatic rings. The first-order valence-corrected chi connectivity index (χ1v) is 8.62. The minimum Gasteiger partial charge on any atom is -0.323 e. The number of aromatic nitrogens is 4. The Morgan fingerprint density at radius 3 is 2.64 bits per heavy atom. The van der Waals surface area contributed by atoms with Crippen molar-refractivity contribution >= 4 is 23.2 Å². The number of nitrogens with zero attached hydrogens (tertiary/aromatic N) is 4. The fourth-order valence-corrected chi connectivity index (χ4v) is 3.20. The van der Waals surface area contributed by atoms with Gasteiger partial charge >= 0.3 is 0 Å². The third kappa shape index (κ3) is 3.03. The molecular formula is C19H18ClN5. The van der Waals surface area contributed by atoms with Crippen LogP contribution in [-0.4, -0.2) is 20.2 Å². The van der Waals surface area contributed by atoms with Crippen LogP contribution >= 0.6 is 11.6 Å². The molecule has 6 heteroatoms. The summed E-state index contributed by atoms with van der Waals surface area (Å²) in [7, 11) is 0. The lowest BCUT2D eigenvalue weighted by Gasteiger charge is -2.23. The van der Waals surface area contributed by atoms with E-state index in [0.29, 0.717) is 16.9 Å². The second kappa shape index (κ2) is 6.33. The maximum atomic E-state index is 6.17. The number of hydrogen-bond acceptors (Lipinski definition) is 4. The Bertz CT molecular complexity index is 927. The van der Waals surface area contributed by atoms with Crippen molar-refractivity contribution in [3.63, 3.8) is 0 Å². The summed E-state index contributed by atoms with van der Waals surface area (Å²) < 4.78 is 1.76. The predicted molar refractivity (Wildman–Crippen MR) is 99.5 cm³/mol. The van der Waals surface area contributed by atoms with Crippen LogP contribution in [0, 0.1) is 0 Å². The van der Waals surface area contributed by atoms with E-state index < -0.39 is 0 Å². The van der Waals surface area contributed by atoms with Crippen molar-refractivity contribution in [1.29, 1.82) is 0 Å². The minimum absolute atomic E-state index is 0.107. The molecule has 1 aliphatic rings. The Labute approximate surface area is 151 Å². The largest absolute Gasteiger partial charge is 0.323 e. The summed E-state index contributed by atoms with van der Waals surface area (Å²) in [5, 5.41) is 16.0. The van der Waals surface area contributed by atoms with E-state index in [1.54, 1.807) is 4.68 Å². The van der Waals surface area contributed by atoms with Crippen LogP contribution in [0.4, 0.5) is 5.95 Å². The zero-order valence-corrected chi connectivity index (χ0v) is 14.8. The van der Waals surface area contributed by atoms with Gasteiger partial charge in [-0.2, -0.15) is 4.68 Å². The summed E-state index contributed by atoms with van der Waals surface area (Å²) in [5.41, 5.74) is 4.45. The van der Waals surface area contributed by atoms with Crippen molar-refractivity contribution in [2.45, 2.75) is 25.8 Å². The summed E-state index contributed by atoms with van der Waals surface area (Å²) in [6.45, 7) is 4.38. The van der Waals surface area contributed by atoms with E-state index in [0.717, 1.165) is 16.8 Å². The van der Waals surface area contributed by atoms with E-state index in [9.17, 15) is 0 Å². The standard InChI is InChI=1S/C19H18ClN5/c1-12(2)13-6-8-14(9-7-13)17-11-18(15-4-3-5-16(20)10-15)25-19(21-17)22-23-24-25/h3-12,18H,1-2H3,(H,21,22,24). The molecule has 4 rings (SSSR count). The van der Waals surface area contributed by atoms with Crippen molar-refractivity contribution < 1.29 is 0 Å². The number of nitrogens with one attached hydrogen (secondary N) is 1. The van der Waals surface area contributed by atoms with Crippen molar-refractivity contribution in [1.82, 2.24) is 20.2 Å². The van der Waals surface area contributed by atoms with Crippen LogP contribution in [0.15, 0.2) is 54.6 Å². The Kier molecular flexibility index (Phi) is 4.01. The maximum Gasteiger partial charge on any atom is 0.248 e. The average molecular weight is 352 g/mol. The van der Waals surface area contributed by atoms with Gasteiger partial charge in [0.2, 0.25) is 5.95 Å². The number of tetrazole rings is 1. The summed E-state index contributed by atoms with van der Waals surface area (Å²) in [5.74, 6) is 1.13. The Morgan fingerprint density at radius 1 is 1.12 bits per heavy atom. The molecule has 2 aromatic carbocycles. The van der Waals surface area contributed by atoms with Gasteiger partial charge < -0.3 is 5.32 Å². The molecule has 0 aliphatic carbocycles. The van der Waals surface area contributed by atoms with Gasteiger partial charge in [0.25, 0.3) is 0 Å². The third-order valence-corrected chi connectivity index (χ3v) is 4.64. The monoisotopic (exact) mass is 351 g/mol. The first-order chi connectivity index (χ1) is 12.1. The molecule has 0 radical (unpaired) electrons.